The minimum atomic E-state index is 0.280. The molecular weight excluding hydrogens is 329 g/mol. The number of carbonyl (C=O) groups excluding carboxylic acids is 1. The first-order chi connectivity index (χ1) is 8.22. The molecule has 1 heterocycles. The topological polar surface area (TPSA) is 29.5 Å². The third-order valence-electron chi connectivity index (χ3n) is 3.05. The fourth-order valence-corrected chi connectivity index (χ4v) is 2.65. The minimum Gasteiger partial charge on any atom is -0.497 e. The highest BCUT2D eigenvalue weighted by Gasteiger charge is 2.28. The molecule has 1 aliphatic rings. The first kappa shape index (κ1) is 12.7. The van der Waals surface area contributed by atoms with Gasteiger partial charge in [0.2, 0.25) is 5.91 Å². The first-order valence-electron chi connectivity index (χ1n) is 5.69. The molecule has 1 atom stereocenters. The third-order valence-corrected chi connectivity index (χ3v) is 4.29. The molecule has 0 spiro atoms. The number of hydrogen-bond acceptors (Lipinski definition) is 2. The Morgan fingerprint density at radius 3 is 2.65 bits per heavy atom. The first-order valence-corrected chi connectivity index (χ1v) is 7.22. The normalized spacial score (nSPS) is 19.8. The van der Waals surface area contributed by atoms with Crippen LogP contribution in [0.25, 0.3) is 0 Å². The Kier molecular flexibility index (Phi) is 4.25. The van der Waals surface area contributed by atoms with E-state index in [1.54, 1.807) is 7.11 Å². The lowest BCUT2D eigenvalue weighted by Gasteiger charge is -2.16. The van der Waals surface area contributed by atoms with Crippen LogP contribution in [0.3, 0.4) is 0 Å². The Morgan fingerprint density at radius 1 is 1.41 bits per heavy atom. The molecule has 1 aromatic rings. The van der Waals surface area contributed by atoms with Gasteiger partial charge < -0.3 is 9.64 Å². The van der Waals surface area contributed by atoms with E-state index in [4.69, 9.17) is 4.74 Å². The van der Waals surface area contributed by atoms with Crippen LogP contribution in [0, 0.1) is 5.92 Å². The monoisotopic (exact) mass is 345 g/mol. The number of halogens is 1. The number of amides is 1. The standard InChI is InChI=1S/C13H16INO2/c1-17-12-4-2-10(3-5-12)8-15-9-11(7-14)6-13(15)16/h2-5,11H,6-9H2,1H3. The highest BCUT2D eigenvalue weighted by molar-refractivity contribution is 14.1. The van der Waals surface area contributed by atoms with Crippen molar-refractivity contribution in [2.24, 2.45) is 5.92 Å². The van der Waals surface area contributed by atoms with Gasteiger partial charge in [-0.1, -0.05) is 34.7 Å². The molecular formula is C13H16INO2. The average Bonchev–Trinajstić information content (AvgIpc) is 2.71. The molecule has 0 N–H and O–H groups in total. The Hall–Kier alpha value is -0.780. The van der Waals surface area contributed by atoms with E-state index in [1.165, 1.54) is 0 Å². The summed E-state index contributed by atoms with van der Waals surface area (Å²) in [5.74, 6) is 1.66. The second kappa shape index (κ2) is 5.71. The van der Waals surface area contributed by atoms with Crippen molar-refractivity contribution in [3.05, 3.63) is 29.8 Å². The van der Waals surface area contributed by atoms with Gasteiger partial charge in [0.1, 0.15) is 5.75 Å². The zero-order valence-electron chi connectivity index (χ0n) is 9.86. The number of nitrogens with zero attached hydrogens (tertiary/aromatic N) is 1. The Bertz CT molecular complexity index is 391. The highest BCUT2D eigenvalue weighted by atomic mass is 127. The zero-order chi connectivity index (χ0) is 12.3. The van der Waals surface area contributed by atoms with Crippen LogP contribution in [-0.2, 0) is 11.3 Å². The lowest BCUT2D eigenvalue weighted by Crippen LogP contribution is -2.24. The molecule has 0 saturated carbocycles. The smallest absolute Gasteiger partial charge is 0.223 e. The molecule has 92 valence electrons. The van der Waals surface area contributed by atoms with E-state index in [1.807, 2.05) is 29.2 Å². The van der Waals surface area contributed by atoms with Gasteiger partial charge in [0, 0.05) is 23.9 Å². The second-order valence-electron chi connectivity index (χ2n) is 4.35. The molecule has 0 aliphatic carbocycles. The predicted molar refractivity (Wildman–Crippen MR) is 75.4 cm³/mol. The van der Waals surface area contributed by atoms with Crippen molar-refractivity contribution in [2.45, 2.75) is 13.0 Å². The van der Waals surface area contributed by atoms with Gasteiger partial charge in [-0.25, -0.2) is 0 Å². The number of methoxy groups -OCH3 is 1. The molecule has 1 unspecified atom stereocenters. The molecule has 1 amide bonds. The molecule has 1 aromatic carbocycles. The highest BCUT2D eigenvalue weighted by Crippen LogP contribution is 2.22. The summed E-state index contributed by atoms with van der Waals surface area (Å²) in [5, 5.41) is 0. The Balaban J connectivity index is 1.98. The quantitative estimate of drug-likeness (QED) is 0.620. The summed E-state index contributed by atoms with van der Waals surface area (Å²) in [4.78, 5) is 13.7. The van der Waals surface area contributed by atoms with E-state index in [-0.39, 0.29) is 5.91 Å². The fourth-order valence-electron chi connectivity index (χ4n) is 2.06. The summed E-state index contributed by atoms with van der Waals surface area (Å²) in [5.41, 5.74) is 1.16. The average molecular weight is 345 g/mol. The van der Waals surface area contributed by atoms with Crippen LogP contribution >= 0.6 is 22.6 Å². The summed E-state index contributed by atoms with van der Waals surface area (Å²) in [6.45, 7) is 1.61. The van der Waals surface area contributed by atoms with E-state index in [2.05, 4.69) is 22.6 Å². The van der Waals surface area contributed by atoms with Gasteiger partial charge in [0.15, 0.2) is 0 Å². The molecule has 2 rings (SSSR count). The van der Waals surface area contributed by atoms with Gasteiger partial charge in [-0.3, -0.25) is 4.79 Å². The van der Waals surface area contributed by atoms with Gasteiger partial charge in [-0.05, 0) is 23.6 Å². The summed E-state index contributed by atoms with van der Waals surface area (Å²) < 4.78 is 6.17. The maximum Gasteiger partial charge on any atom is 0.223 e. The SMILES string of the molecule is COc1ccc(CN2CC(CI)CC2=O)cc1. The lowest BCUT2D eigenvalue weighted by molar-refractivity contribution is -0.128. The number of likely N-dealkylation sites (tertiary alicyclic amines) is 1. The summed E-state index contributed by atoms with van der Waals surface area (Å²) in [7, 11) is 1.66. The van der Waals surface area contributed by atoms with Crippen LogP contribution in [0.4, 0.5) is 0 Å². The van der Waals surface area contributed by atoms with Crippen LogP contribution < -0.4 is 4.74 Å². The number of benzene rings is 1. The van der Waals surface area contributed by atoms with Gasteiger partial charge in [0.05, 0.1) is 7.11 Å². The van der Waals surface area contributed by atoms with Gasteiger partial charge >= 0.3 is 0 Å². The molecule has 0 radical (unpaired) electrons. The maximum absolute atomic E-state index is 11.8. The van der Waals surface area contributed by atoms with E-state index < -0.39 is 0 Å². The molecule has 3 nitrogen and oxygen atoms in total. The van der Waals surface area contributed by atoms with Crippen molar-refractivity contribution in [1.29, 1.82) is 0 Å². The van der Waals surface area contributed by atoms with Crippen LogP contribution in [0.2, 0.25) is 0 Å². The number of hydrogen-bond donors (Lipinski definition) is 0. The third kappa shape index (κ3) is 3.12. The second-order valence-corrected chi connectivity index (χ2v) is 5.23. The van der Waals surface area contributed by atoms with Gasteiger partial charge in [-0.15, -0.1) is 0 Å². The van der Waals surface area contributed by atoms with Crippen LogP contribution in [0.15, 0.2) is 24.3 Å². The molecule has 1 saturated heterocycles. The molecule has 4 heteroatoms. The summed E-state index contributed by atoms with van der Waals surface area (Å²) >= 11 is 2.35. The molecule has 1 fully saturated rings. The van der Waals surface area contributed by atoms with Crippen LogP contribution in [0.5, 0.6) is 5.75 Å². The number of ether oxygens (including phenoxy) is 1. The Morgan fingerprint density at radius 2 is 2.12 bits per heavy atom. The summed E-state index contributed by atoms with van der Waals surface area (Å²) in [6, 6.07) is 7.91. The van der Waals surface area contributed by atoms with Gasteiger partial charge in [0.25, 0.3) is 0 Å². The van der Waals surface area contributed by atoms with E-state index in [9.17, 15) is 4.79 Å². The van der Waals surface area contributed by atoms with Crippen molar-refractivity contribution in [1.82, 2.24) is 4.90 Å². The minimum absolute atomic E-state index is 0.280. The predicted octanol–water partition coefficient (Wildman–Crippen LogP) is 2.48. The van der Waals surface area contributed by atoms with Crippen LogP contribution in [-0.4, -0.2) is 28.9 Å². The summed E-state index contributed by atoms with van der Waals surface area (Å²) in [6.07, 6.45) is 0.707. The fraction of sp³-hybridized carbons (Fsp3) is 0.462. The van der Waals surface area contributed by atoms with Gasteiger partial charge in [-0.2, -0.15) is 0 Å². The van der Waals surface area contributed by atoms with E-state index in [0.29, 0.717) is 12.3 Å². The number of carbonyl (C=O) groups is 1. The maximum atomic E-state index is 11.8. The lowest BCUT2D eigenvalue weighted by atomic mass is 10.2. The molecule has 0 bridgehead atoms. The number of rotatable bonds is 4. The van der Waals surface area contributed by atoms with Crippen molar-refractivity contribution in [2.75, 3.05) is 18.1 Å². The van der Waals surface area contributed by atoms with Crippen molar-refractivity contribution >= 4 is 28.5 Å². The number of alkyl halides is 1. The van der Waals surface area contributed by atoms with E-state index in [0.717, 1.165) is 28.8 Å². The Labute approximate surface area is 115 Å². The molecule has 1 aliphatic heterocycles. The van der Waals surface area contributed by atoms with Crippen molar-refractivity contribution in [3.8, 4) is 5.75 Å². The van der Waals surface area contributed by atoms with Crippen molar-refractivity contribution < 1.29 is 9.53 Å². The largest absolute Gasteiger partial charge is 0.497 e. The van der Waals surface area contributed by atoms with E-state index >= 15 is 0 Å². The van der Waals surface area contributed by atoms with Crippen molar-refractivity contribution in [3.63, 3.8) is 0 Å². The zero-order valence-corrected chi connectivity index (χ0v) is 12.0. The van der Waals surface area contributed by atoms with Crippen LogP contribution in [0.1, 0.15) is 12.0 Å². The molecule has 17 heavy (non-hydrogen) atoms. The molecule has 0 aromatic heterocycles.